The summed E-state index contributed by atoms with van der Waals surface area (Å²) in [7, 11) is 0. The van der Waals surface area contributed by atoms with Gasteiger partial charge in [0.2, 0.25) is 0 Å². The Labute approximate surface area is 144 Å². The topological polar surface area (TPSA) is 26.3 Å². The summed E-state index contributed by atoms with van der Waals surface area (Å²) in [6.45, 7) is 19.7. The molecule has 0 heterocycles. The summed E-state index contributed by atoms with van der Waals surface area (Å²) in [5.41, 5.74) is -0.289. The van der Waals surface area contributed by atoms with E-state index in [2.05, 4.69) is 48.5 Å². The zero-order chi connectivity index (χ0) is 18.0. The molecule has 0 N–H and O–H groups in total. The Morgan fingerprint density at radius 3 is 1.74 bits per heavy atom. The van der Waals surface area contributed by atoms with Crippen molar-refractivity contribution in [2.75, 3.05) is 0 Å². The summed E-state index contributed by atoms with van der Waals surface area (Å²) in [5, 5.41) is 0. The maximum absolute atomic E-state index is 12.9. The first-order valence-electron chi connectivity index (χ1n) is 9.56. The molecular weight excluding hydrogens is 284 g/mol. The van der Waals surface area contributed by atoms with Crippen molar-refractivity contribution in [2.24, 2.45) is 34.5 Å². The Balaban J connectivity index is 2.92. The highest BCUT2D eigenvalue weighted by Gasteiger charge is 2.42. The Morgan fingerprint density at radius 1 is 0.957 bits per heavy atom. The fraction of sp³-hybridized carbons (Fsp3) is 0.952. The van der Waals surface area contributed by atoms with Gasteiger partial charge in [0.15, 0.2) is 0 Å². The van der Waals surface area contributed by atoms with E-state index < -0.39 is 5.41 Å². The average molecular weight is 325 g/mol. The van der Waals surface area contributed by atoms with Crippen molar-refractivity contribution in [3.8, 4) is 0 Å². The van der Waals surface area contributed by atoms with Crippen molar-refractivity contribution in [3.63, 3.8) is 0 Å². The van der Waals surface area contributed by atoms with E-state index in [0.717, 1.165) is 6.42 Å². The highest BCUT2D eigenvalue weighted by Crippen LogP contribution is 2.42. The zero-order valence-corrected chi connectivity index (χ0v) is 17.0. The van der Waals surface area contributed by atoms with Gasteiger partial charge in [0, 0.05) is 0 Å². The largest absolute Gasteiger partial charge is 0.461 e. The summed E-state index contributed by atoms with van der Waals surface area (Å²) in [5.74, 6) is 2.15. The van der Waals surface area contributed by atoms with Crippen LogP contribution in [0.3, 0.4) is 0 Å². The minimum absolute atomic E-state index is 0.00405. The van der Waals surface area contributed by atoms with E-state index in [9.17, 15) is 4.79 Å². The van der Waals surface area contributed by atoms with Gasteiger partial charge < -0.3 is 4.74 Å². The molecule has 2 unspecified atom stereocenters. The molecule has 1 saturated carbocycles. The van der Waals surface area contributed by atoms with Crippen LogP contribution < -0.4 is 0 Å². The fourth-order valence-corrected chi connectivity index (χ4v) is 4.52. The van der Waals surface area contributed by atoms with Crippen molar-refractivity contribution in [2.45, 2.75) is 94.1 Å². The summed E-state index contributed by atoms with van der Waals surface area (Å²) >= 11 is 0. The lowest BCUT2D eigenvalue weighted by Gasteiger charge is -2.43. The lowest BCUT2D eigenvalue weighted by Crippen LogP contribution is -2.44. The molecule has 2 nitrogen and oxygen atoms in total. The zero-order valence-electron chi connectivity index (χ0n) is 17.0. The molecule has 0 aromatic rings. The number of carbonyl (C=O) groups excluding carboxylic acids is 1. The average Bonchev–Trinajstić information content (AvgIpc) is 2.35. The predicted octanol–water partition coefficient (Wildman–Crippen LogP) is 6.09. The minimum atomic E-state index is -0.418. The van der Waals surface area contributed by atoms with E-state index in [1.54, 1.807) is 0 Å². The number of ether oxygens (including phenoxy) is 1. The van der Waals surface area contributed by atoms with Gasteiger partial charge in [0.1, 0.15) is 6.10 Å². The van der Waals surface area contributed by atoms with Gasteiger partial charge in [-0.25, -0.2) is 0 Å². The van der Waals surface area contributed by atoms with Gasteiger partial charge in [-0.05, 0) is 62.2 Å². The number of esters is 1. The number of rotatable bonds is 5. The van der Waals surface area contributed by atoms with Crippen LogP contribution in [0.1, 0.15) is 88.0 Å². The second kappa shape index (κ2) is 7.57. The van der Waals surface area contributed by atoms with Gasteiger partial charge in [0.25, 0.3) is 0 Å². The van der Waals surface area contributed by atoms with Crippen LogP contribution in [0, 0.1) is 34.5 Å². The quantitative estimate of drug-likeness (QED) is 0.572. The van der Waals surface area contributed by atoms with Gasteiger partial charge in [-0.1, -0.05) is 54.9 Å². The van der Waals surface area contributed by atoms with Crippen LogP contribution in [0.5, 0.6) is 0 Å². The highest BCUT2D eigenvalue weighted by molar-refractivity contribution is 5.76. The molecule has 0 spiro atoms. The van der Waals surface area contributed by atoms with Crippen LogP contribution in [0.4, 0.5) is 0 Å². The molecular formula is C21H40O2. The SMILES string of the molecule is CC(C)C1CCCC(C(C)C)C1OC(=O)C(C)(C)CC(C)(C)C. The molecule has 1 aliphatic carbocycles. The second-order valence-electron chi connectivity index (χ2n) is 10.2. The maximum atomic E-state index is 12.9. The first-order chi connectivity index (χ1) is 10.3. The summed E-state index contributed by atoms with van der Waals surface area (Å²) in [6, 6.07) is 0. The Bertz CT molecular complexity index is 371. The maximum Gasteiger partial charge on any atom is 0.311 e. The predicted molar refractivity (Wildman–Crippen MR) is 98.2 cm³/mol. The molecule has 0 aromatic heterocycles. The van der Waals surface area contributed by atoms with Crippen LogP contribution in [0.2, 0.25) is 0 Å². The Kier molecular flexibility index (Phi) is 6.75. The molecule has 0 bridgehead atoms. The Morgan fingerprint density at radius 2 is 1.39 bits per heavy atom. The van der Waals surface area contributed by atoms with Gasteiger partial charge in [0.05, 0.1) is 5.41 Å². The van der Waals surface area contributed by atoms with Crippen LogP contribution in [0.25, 0.3) is 0 Å². The van der Waals surface area contributed by atoms with Gasteiger partial charge in [-0.3, -0.25) is 4.79 Å². The number of carbonyl (C=O) groups is 1. The molecule has 0 amide bonds. The van der Waals surface area contributed by atoms with Gasteiger partial charge in [-0.2, -0.15) is 0 Å². The van der Waals surface area contributed by atoms with Crippen LogP contribution in [0.15, 0.2) is 0 Å². The van der Waals surface area contributed by atoms with E-state index in [0.29, 0.717) is 23.7 Å². The van der Waals surface area contributed by atoms with Crippen molar-refractivity contribution in [3.05, 3.63) is 0 Å². The molecule has 0 radical (unpaired) electrons. The molecule has 2 atom stereocenters. The lowest BCUT2D eigenvalue weighted by molar-refractivity contribution is -0.173. The van der Waals surface area contributed by atoms with E-state index in [-0.39, 0.29) is 17.5 Å². The smallest absolute Gasteiger partial charge is 0.311 e. The molecule has 2 heteroatoms. The van der Waals surface area contributed by atoms with E-state index in [1.165, 1.54) is 19.3 Å². The third-order valence-electron chi connectivity index (χ3n) is 5.40. The van der Waals surface area contributed by atoms with Crippen molar-refractivity contribution in [1.29, 1.82) is 0 Å². The second-order valence-corrected chi connectivity index (χ2v) is 10.2. The van der Waals surface area contributed by atoms with Crippen LogP contribution in [-0.4, -0.2) is 12.1 Å². The number of hydrogen-bond acceptors (Lipinski definition) is 2. The van der Waals surface area contributed by atoms with E-state index in [1.807, 2.05) is 13.8 Å². The fourth-order valence-electron chi connectivity index (χ4n) is 4.52. The molecule has 136 valence electrons. The minimum Gasteiger partial charge on any atom is -0.461 e. The normalized spacial score (nSPS) is 26.7. The van der Waals surface area contributed by atoms with Gasteiger partial charge in [-0.15, -0.1) is 0 Å². The van der Waals surface area contributed by atoms with Crippen LogP contribution >= 0.6 is 0 Å². The molecule has 0 aromatic carbocycles. The molecule has 1 fully saturated rings. The Hall–Kier alpha value is -0.530. The van der Waals surface area contributed by atoms with Crippen molar-refractivity contribution in [1.82, 2.24) is 0 Å². The third-order valence-corrected chi connectivity index (χ3v) is 5.40. The molecule has 0 saturated heterocycles. The molecule has 23 heavy (non-hydrogen) atoms. The molecule has 1 rings (SSSR count). The highest BCUT2D eigenvalue weighted by atomic mass is 16.5. The number of hydrogen-bond donors (Lipinski definition) is 0. The van der Waals surface area contributed by atoms with E-state index in [4.69, 9.17) is 4.74 Å². The van der Waals surface area contributed by atoms with Crippen molar-refractivity contribution < 1.29 is 9.53 Å². The summed E-state index contributed by atoms with van der Waals surface area (Å²) in [4.78, 5) is 12.9. The first-order valence-corrected chi connectivity index (χ1v) is 9.56. The monoisotopic (exact) mass is 324 g/mol. The lowest BCUT2D eigenvalue weighted by atomic mass is 9.69. The standard InChI is InChI=1S/C21H40O2/c1-14(2)16-11-10-12-17(15(3)4)18(16)23-19(22)21(8,9)13-20(5,6)7/h14-18H,10-13H2,1-9H3. The van der Waals surface area contributed by atoms with Gasteiger partial charge >= 0.3 is 5.97 Å². The van der Waals surface area contributed by atoms with Crippen LogP contribution in [-0.2, 0) is 9.53 Å². The summed E-state index contributed by atoms with van der Waals surface area (Å²) < 4.78 is 6.21. The first kappa shape index (κ1) is 20.5. The molecule has 0 aliphatic heterocycles. The summed E-state index contributed by atoms with van der Waals surface area (Å²) in [6.07, 6.45) is 4.60. The molecule has 1 aliphatic rings. The van der Waals surface area contributed by atoms with E-state index >= 15 is 0 Å². The van der Waals surface area contributed by atoms with Crippen molar-refractivity contribution >= 4 is 5.97 Å². The third kappa shape index (κ3) is 5.80.